The van der Waals surface area contributed by atoms with E-state index in [1.807, 2.05) is 92.0 Å². The number of nitrogens with zero attached hydrogens (tertiary/aromatic N) is 10. The summed E-state index contributed by atoms with van der Waals surface area (Å²) in [5, 5.41) is 19.2. The van der Waals surface area contributed by atoms with Crippen LogP contribution in [-0.2, 0) is 46.7 Å². The Balaban J connectivity index is 0.000000147. The maximum atomic E-state index is 4.81. The number of anilines is 6. The summed E-state index contributed by atoms with van der Waals surface area (Å²) >= 11 is 0. The molecule has 0 aliphatic carbocycles. The van der Waals surface area contributed by atoms with Crippen LogP contribution in [0.15, 0.2) is 195 Å². The molecule has 0 unspecified atom stereocenters. The molecular formula is C52H40N10Pt. The van der Waals surface area contributed by atoms with Gasteiger partial charge in [0.15, 0.2) is 0 Å². The molecule has 2 aliphatic rings. The average Bonchev–Trinajstić information content (AvgIpc) is 4.18. The third-order valence-corrected chi connectivity index (χ3v) is 11.1. The molecule has 11 heteroatoms. The first-order valence-electron chi connectivity index (χ1n) is 20.8. The number of fused-ring (bicyclic) bond motifs is 20. The van der Waals surface area contributed by atoms with E-state index < -0.39 is 0 Å². The fourth-order valence-electron chi connectivity index (χ4n) is 8.02. The quantitative estimate of drug-likeness (QED) is 0.161. The van der Waals surface area contributed by atoms with Gasteiger partial charge in [0.25, 0.3) is 0 Å². The van der Waals surface area contributed by atoms with Gasteiger partial charge in [0.05, 0.1) is 34.2 Å². The predicted octanol–water partition coefficient (Wildman–Crippen LogP) is 10.9. The maximum absolute atomic E-state index is 4.81. The summed E-state index contributed by atoms with van der Waals surface area (Å²) in [4.78, 5) is 4.42. The monoisotopic (exact) mass is 999 g/mol. The van der Waals surface area contributed by atoms with Gasteiger partial charge < -0.3 is 9.80 Å². The molecule has 6 aromatic carbocycles. The number of aromatic nitrogens is 8. The molecule has 0 atom stereocenters. The van der Waals surface area contributed by atoms with E-state index in [1.165, 1.54) is 0 Å². The Bertz CT molecular complexity index is 2740. The van der Waals surface area contributed by atoms with E-state index in [-0.39, 0.29) is 21.1 Å². The second kappa shape index (κ2) is 17.4. The number of para-hydroxylation sites is 2. The van der Waals surface area contributed by atoms with E-state index in [2.05, 4.69) is 143 Å². The van der Waals surface area contributed by atoms with Crippen LogP contribution in [-0.4, -0.2) is 39.1 Å². The number of benzene rings is 6. The fraction of sp³-hybridized carbons (Fsp3) is 0.0769. The van der Waals surface area contributed by atoms with Crippen LogP contribution in [0.1, 0.15) is 22.8 Å². The van der Waals surface area contributed by atoms with Gasteiger partial charge in [-0.25, -0.2) is 9.36 Å². The molecule has 0 saturated heterocycles. The Kier molecular flexibility index (Phi) is 11.0. The first kappa shape index (κ1) is 39.6. The maximum Gasteiger partial charge on any atom is 2.00 e. The second-order valence-electron chi connectivity index (χ2n) is 15.2. The molecular weight excluding hydrogens is 960 g/mol. The third kappa shape index (κ3) is 8.29. The van der Waals surface area contributed by atoms with E-state index in [0.717, 1.165) is 105 Å². The van der Waals surface area contributed by atoms with Gasteiger partial charge in [0, 0.05) is 47.5 Å². The Morgan fingerprint density at radius 1 is 0.302 bits per heavy atom. The van der Waals surface area contributed by atoms with Crippen molar-refractivity contribution in [1.82, 2.24) is 39.1 Å². The van der Waals surface area contributed by atoms with Crippen molar-refractivity contribution in [2.24, 2.45) is 0 Å². The summed E-state index contributed by atoms with van der Waals surface area (Å²) in [7, 11) is 0. The van der Waals surface area contributed by atoms with Crippen molar-refractivity contribution >= 4 is 34.1 Å². The zero-order valence-corrected chi connectivity index (χ0v) is 36.4. The van der Waals surface area contributed by atoms with Crippen molar-refractivity contribution in [2.75, 3.05) is 9.80 Å². The minimum absolute atomic E-state index is 0. The Morgan fingerprint density at radius 3 is 1.08 bits per heavy atom. The van der Waals surface area contributed by atoms with Crippen LogP contribution in [0.3, 0.4) is 0 Å². The van der Waals surface area contributed by atoms with E-state index in [0.29, 0.717) is 0 Å². The molecule has 0 radical (unpaired) electrons. The smallest absolute Gasteiger partial charge is 0.358 e. The molecule has 63 heavy (non-hydrogen) atoms. The molecule has 0 amide bonds. The van der Waals surface area contributed by atoms with Crippen LogP contribution in [0.2, 0.25) is 0 Å². The van der Waals surface area contributed by atoms with Crippen LogP contribution in [0, 0.1) is 12.1 Å². The Hall–Kier alpha value is -7.55. The molecule has 308 valence electrons. The Morgan fingerprint density at radius 2 is 0.635 bits per heavy atom. The summed E-state index contributed by atoms with van der Waals surface area (Å²) < 4.78 is 7.69. The van der Waals surface area contributed by atoms with Gasteiger partial charge in [0.1, 0.15) is 0 Å². The minimum Gasteiger partial charge on any atom is -0.358 e. The standard InChI is InChI=1S/C26H21N5.C26H19N5.Pt/c2*1-2-6-22(7-3-1)31-25-10-4-8-23(18-25)29-16-14-20(27-29)12-13-21-15-17-30(28-21)24-9-5-11-26(31)19-24;/h1-11,14-19H,12-13H2;1-11,14-17H,12-13H2;/q;-2;+2. The largest absolute Gasteiger partial charge is 2.00 e. The summed E-state index contributed by atoms with van der Waals surface area (Å²) in [5.74, 6) is 0. The number of hydrogen-bond donors (Lipinski definition) is 0. The average molecular weight is 1000 g/mol. The molecule has 10 aromatic rings. The first-order chi connectivity index (χ1) is 30.7. The van der Waals surface area contributed by atoms with E-state index >= 15 is 0 Å². The SMILES string of the molecule is [Pt+2].[c-]1c2cccc1-n1ccc(n1)CCc1ccn(n1)-c1[c-]c(ccc1)N2c1ccccc1.c1ccc(N2c3cccc(c3)-n3ccc(n3)CCc3ccn(n3)-c3cccc2c3)cc1. The number of rotatable bonds is 2. The number of hydrogen-bond acceptors (Lipinski definition) is 6. The zero-order chi connectivity index (χ0) is 41.2. The molecule has 0 spiro atoms. The van der Waals surface area contributed by atoms with Crippen molar-refractivity contribution in [2.45, 2.75) is 25.7 Å². The van der Waals surface area contributed by atoms with E-state index in [1.54, 1.807) is 0 Å². The van der Waals surface area contributed by atoms with E-state index in [9.17, 15) is 0 Å². The van der Waals surface area contributed by atoms with Gasteiger partial charge in [-0.2, -0.15) is 32.5 Å². The van der Waals surface area contributed by atoms with Crippen LogP contribution in [0.5, 0.6) is 0 Å². The molecule has 4 aromatic heterocycles. The van der Waals surface area contributed by atoms with Crippen LogP contribution >= 0.6 is 0 Å². The van der Waals surface area contributed by atoms with Gasteiger partial charge in [0.2, 0.25) is 0 Å². The third-order valence-electron chi connectivity index (χ3n) is 11.1. The molecule has 10 nitrogen and oxygen atoms in total. The molecule has 6 heterocycles. The molecule has 0 saturated carbocycles. The van der Waals surface area contributed by atoms with Crippen molar-refractivity contribution in [3.63, 3.8) is 0 Å². The fourth-order valence-corrected chi connectivity index (χ4v) is 8.02. The van der Waals surface area contributed by atoms with Gasteiger partial charge >= 0.3 is 21.1 Å². The van der Waals surface area contributed by atoms with Crippen molar-refractivity contribution in [3.8, 4) is 22.7 Å². The van der Waals surface area contributed by atoms with Gasteiger partial charge in [-0.05, 0) is 122 Å². The van der Waals surface area contributed by atoms with Crippen molar-refractivity contribution in [3.05, 3.63) is 230 Å². The molecule has 16 bridgehead atoms. The normalized spacial score (nSPS) is 12.6. The van der Waals surface area contributed by atoms with Crippen molar-refractivity contribution in [1.29, 1.82) is 0 Å². The van der Waals surface area contributed by atoms with Crippen LogP contribution < -0.4 is 9.80 Å². The summed E-state index contributed by atoms with van der Waals surface area (Å²) in [6, 6.07) is 65.4. The summed E-state index contributed by atoms with van der Waals surface area (Å²) in [6.07, 6.45) is 11.5. The van der Waals surface area contributed by atoms with Crippen LogP contribution in [0.25, 0.3) is 22.7 Å². The first-order valence-corrected chi connectivity index (χ1v) is 20.8. The second-order valence-corrected chi connectivity index (χ2v) is 15.2. The minimum atomic E-state index is 0. The van der Waals surface area contributed by atoms with Crippen molar-refractivity contribution < 1.29 is 21.1 Å². The van der Waals surface area contributed by atoms with Gasteiger partial charge in [-0.1, -0.05) is 59.9 Å². The predicted molar refractivity (Wildman–Crippen MR) is 243 cm³/mol. The van der Waals surface area contributed by atoms with Crippen LogP contribution in [0.4, 0.5) is 34.1 Å². The van der Waals surface area contributed by atoms with E-state index in [4.69, 9.17) is 20.4 Å². The Labute approximate surface area is 380 Å². The molecule has 12 rings (SSSR count). The van der Waals surface area contributed by atoms with Gasteiger partial charge in [-0.15, -0.1) is 36.4 Å². The molecule has 0 fully saturated rings. The molecule has 0 N–H and O–H groups in total. The zero-order valence-electron chi connectivity index (χ0n) is 34.1. The summed E-state index contributed by atoms with van der Waals surface area (Å²) in [6.45, 7) is 0. The number of aryl methyl sites for hydroxylation is 4. The van der Waals surface area contributed by atoms with Gasteiger partial charge in [-0.3, -0.25) is 9.36 Å². The topological polar surface area (TPSA) is 77.8 Å². The molecule has 2 aliphatic heterocycles. The summed E-state index contributed by atoms with van der Waals surface area (Å²) in [5.41, 5.74) is 14.2.